The van der Waals surface area contributed by atoms with Crippen molar-refractivity contribution in [2.75, 3.05) is 6.61 Å². The van der Waals surface area contributed by atoms with Gasteiger partial charge in [0.1, 0.15) is 5.72 Å². The molecule has 10 heteroatoms. The number of carbonyl (C=O) groups is 1. The maximum Gasteiger partial charge on any atom is 0.534 e. The zero-order chi connectivity index (χ0) is 23.6. The molecule has 2 aromatic rings. The van der Waals surface area contributed by atoms with Crippen molar-refractivity contribution in [3.63, 3.8) is 0 Å². The highest BCUT2D eigenvalue weighted by Gasteiger charge is 2.58. The number of nitrogens with zero attached hydrogens (tertiary/aromatic N) is 1. The van der Waals surface area contributed by atoms with Gasteiger partial charge in [-0.2, -0.15) is 21.6 Å². The molecular weight excluding hydrogens is 447 g/mol. The number of rotatable bonds is 4. The highest BCUT2D eigenvalue weighted by molar-refractivity contribution is 7.88. The average Bonchev–Trinajstić information content (AvgIpc) is 3.16. The van der Waals surface area contributed by atoms with E-state index in [1.807, 2.05) is 27.7 Å². The van der Waals surface area contributed by atoms with Crippen LogP contribution in [0.2, 0.25) is 0 Å². The lowest BCUT2D eigenvalue weighted by atomic mass is 9.77. The van der Waals surface area contributed by atoms with Crippen molar-refractivity contribution in [2.45, 2.75) is 50.9 Å². The first-order chi connectivity index (χ1) is 14.8. The van der Waals surface area contributed by atoms with Gasteiger partial charge in [0.2, 0.25) is 5.91 Å². The van der Waals surface area contributed by atoms with Gasteiger partial charge >= 0.3 is 15.6 Å². The van der Waals surface area contributed by atoms with E-state index in [0.29, 0.717) is 12.0 Å². The highest BCUT2D eigenvalue weighted by atomic mass is 32.2. The van der Waals surface area contributed by atoms with Crippen molar-refractivity contribution in [2.24, 2.45) is 11.8 Å². The van der Waals surface area contributed by atoms with Crippen molar-refractivity contribution < 1.29 is 35.3 Å². The summed E-state index contributed by atoms with van der Waals surface area (Å²) in [5.41, 5.74) is -5.55. The second-order valence-electron chi connectivity index (χ2n) is 9.01. The van der Waals surface area contributed by atoms with Gasteiger partial charge in [-0.05, 0) is 36.8 Å². The molecule has 6 nitrogen and oxygen atoms in total. The van der Waals surface area contributed by atoms with E-state index in [1.54, 1.807) is 29.2 Å². The molecule has 0 radical (unpaired) electrons. The first-order valence-corrected chi connectivity index (χ1v) is 11.7. The van der Waals surface area contributed by atoms with Crippen LogP contribution in [0.4, 0.5) is 13.2 Å². The predicted octanol–water partition coefficient (Wildman–Crippen LogP) is 4.40. The minimum absolute atomic E-state index is 0.00851. The van der Waals surface area contributed by atoms with Crippen LogP contribution in [0, 0.1) is 11.8 Å². The number of benzene rings is 2. The van der Waals surface area contributed by atoms with E-state index in [9.17, 15) is 26.4 Å². The Hall–Kier alpha value is -2.33. The third-order valence-corrected chi connectivity index (χ3v) is 7.29. The fourth-order valence-corrected chi connectivity index (χ4v) is 5.48. The van der Waals surface area contributed by atoms with E-state index in [-0.39, 0.29) is 35.1 Å². The molecule has 0 aromatic heterocycles. The Kier molecular flexibility index (Phi) is 5.24. The first-order valence-electron chi connectivity index (χ1n) is 10.3. The third kappa shape index (κ3) is 3.44. The molecule has 174 valence electrons. The maximum atomic E-state index is 13.3. The second kappa shape index (κ2) is 7.34. The largest absolute Gasteiger partial charge is 0.534 e. The molecular formula is C22H24F3NO5S. The standard InChI is InChI=1S/C22H24F3NO5S/c1-12(2)18-19(16-11-30-21(3,4)26(16)20(18)27)15-9-10-17(14-8-6-5-7-13(14)15)31-32(28,29)22(23,24)25/h5-10,12,16,18-19H,11H2,1-4H3/t16?,18-,19-/m1/s1. The number of halogens is 3. The number of amides is 1. The lowest BCUT2D eigenvalue weighted by molar-refractivity contribution is -0.146. The van der Waals surface area contributed by atoms with Gasteiger partial charge in [-0.3, -0.25) is 4.79 Å². The second-order valence-corrected chi connectivity index (χ2v) is 10.5. The van der Waals surface area contributed by atoms with E-state index in [2.05, 4.69) is 4.18 Å². The minimum Gasteiger partial charge on any atom is -0.375 e. The molecule has 1 unspecified atom stereocenters. The Morgan fingerprint density at radius 3 is 2.34 bits per heavy atom. The number of fused-ring (bicyclic) bond motifs is 2. The Labute approximate surface area is 184 Å². The van der Waals surface area contributed by atoms with Gasteiger partial charge in [0.05, 0.1) is 12.6 Å². The smallest absolute Gasteiger partial charge is 0.375 e. The van der Waals surface area contributed by atoms with Crippen LogP contribution in [-0.4, -0.2) is 43.1 Å². The molecule has 32 heavy (non-hydrogen) atoms. The van der Waals surface area contributed by atoms with Crippen molar-refractivity contribution in [1.82, 2.24) is 4.90 Å². The summed E-state index contributed by atoms with van der Waals surface area (Å²) in [5, 5.41) is 0.766. The van der Waals surface area contributed by atoms with E-state index < -0.39 is 27.1 Å². The van der Waals surface area contributed by atoms with Crippen molar-refractivity contribution in [3.8, 4) is 5.75 Å². The van der Waals surface area contributed by atoms with Gasteiger partial charge in [-0.1, -0.05) is 44.2 Å². The molecule has 2 aliphatic rings. The Morgan fingerprint density at radius 2 is 1.75 bits per heavy atom. The number of carbonyl (C=O) groups excluding carboxylic acids is 1. The normalized spacial score (nSPS) is 25.6. The van der Waals surface area contributed by atoms with Crippen molar-refractivity contribution in [1.29, 1.82) is 0 Å². The predicted molar refractivity (Wildman–Crippen MR) is 111 cm³/mol. The maximum absolute atomic E-state index is 13.3. The van der Waals surface area contributed by atoms with Gasteiger partial charge in [-0.15, -0.1) is 0 Å². The van der Waals surface area contributed by atoms with Gasteiger partial charge < -0.3 is 13.8 Å². The van der Waals surface area contributed by atoms with Crippen LogP contribution in [0.15, 0.2) is 36.4 Å². The summed E-state index contributed by atoms with van der Waals surface area (Å²) < 4.78 is 72.2. The number of hydrogen-bond donors (Lipinski definition) is 0. The molecule has 0 saturated carbocycles. The fourth-order valence-electron chi connectivity index (χ4n) is 5.00. The average molecular weight is 471 g/mol. The molecule has 0 bridgehead atoms. The summed E-state index contributed by atoms with van der Waals surface area (Å²) in [4.78, 5) is 15.1. The van der Waals surface area contributed by atoms with Crippen LogP contribution in [0.3, 0.4) is 0 Å². The van der Waals surface area contributed by atoms with Crippen LogP contribution in [-0.2, 0) is 19.6 Å². The molecule has 2 aromatic carbocycles. The van der Waals surface area contributed by atoms with Crippen LogP contribution in [0.5, 0.6) is 5.75 Å². The molecule has 1 amide bonds. The Morgan fingerprint density at radius 1 is 1.12 bits per heavy atom. The lowest BCUT2D eigenvalue weighted by Gasteiger charge is -2.30. The lowest BCUT2D eigenvalue weighted by Crippen LogP contribution is -2.44. The quantitative estimate of drug-likeness (QED) is 0.488. The molecule has 0 aliphatic carbocycles. The third-order valence-electron chi connectivity index (χ3n) is 6.32. The molecule has 2 fully saturated rings. The number of ether oxygens (including phenoxy) is 1. The Balaban J connectivity index is 1.86. The van der Waals surface area contributed by atoms with Gasteiger partial charge in [0.25, 0.3) is 0 Å². The topological polar surface area (TPSA) is 72.9 Å². The summed E-state index contributed by atoms with van der Waals surface area (Å²) in [6.45, 7) is 7.92. The molecule has 0 N–H and O–H groups in total. The molecule has 2 aliphatic heterocycles. The zero-order valence-electron chi connectivity index (χ0n) is 18.0. The molecule has 2 heterocycles. The van der Waals surface area contributed by atoms with Crippen LogP contribution in [0.25, 0.3) is 10.8 Å². The number of alkyl halides is 3. The SMILES string of the molecule is CC(C)[C@H]1C(=O)N2C(COC2(C)C)[C@H]1c1ccc(OS(=O)(=O)C(F)(F)F)c2ccccc12. The highest BCUT2D eigenvalue weighted by Crippen LogP contribution is 2.51. The van der Waals surface area contributed by atoms with Crippen LogP contribution in [0.1, 0.15) is 39.2 Å². The molecule has 4 rings (SSSR count). The summed E-state index contributed by atoms with van der Waals surface area (Å²) in [6, 6.07) is 9.06. The molecule has 0 spiro atoms. The molecule has 3 atom stereocenters. The van der Waals surface area contributed by atoms with E-state index >= 15 is 0 Å². The molecule has 2 saturated heterocycles. The summed E-state index contributed by atoms with van der Waals surface area (Å²) in [6.07, 6.45) is 0. The number of hydrogen-bond acceptors (Lipinski definition) is 5. The van der Waals surface area contributed by atoms with Crippen molar-refractivity contribution >= 4 is 26.8 Å². The van der Waals surface area contributed by atoms with E-state index in [1.165, 1.54) is 12.1 Å². The van der Waals surface area contributed by atoms with E-state index in [4.69, 9.17) is 4.74 Å². The van der Waals surface area contributed by atoms with Gasteiger partial charge in [0.15, 0.2) is 5.75 Å². The minimum atomic E-state index is -5.82. The monoisotopic (exact) mass is 471 g/mol. The summed E-state index contributed by atoms with van der Waals surface area (Å²) >= 11 is 0. The van der Waals surface area contributed by atoms with Crippen molar-refractivity contribution in [3.05, 3.63) is 42.0 Å². The first kappa shape index (κ1) is 22.8. The Bertz CT molecular complexity index is 1180. The summed E-state index contributed by atoms with van der Waals surface area (Å²) in [7, 11) is -5.82. The van der Waals surface area contributed by atoms with Crippen LogP contribution < -0.4 is 4.18 Å². The van der Waals surface area contributed by atoms with E-state index in [0.717, 1.165) is 5.56 Å². The van der Waals surface area contributed by atoms with Gasteiger partial charge in [-0.25, -0.2) is 0 Å². The van der Waals surface area contributed by atoms with Crippen LogP contribution >= 0.6 is 0 Å². The zero-order valence-corrected chi connectivity index (χ0v) is 18.8. The van der Waals surface area contributed by atoms with Gasteiger partial charge in [0, 0.05) is 17.2 Å². The fraction of sp³-hybridized carbons (Fsp3) is 0.500. The summed E-state index contributed by atoms with van der Waals surface area (Å²) in [5.74, 6) is -1.05.